The minimum absolute atomic E-state index is 0.0346. The minimum atomic E-state index is -1.19. The second kappa shape index (κ2) is 10.1. The third-order valence-electron chi connectivity index (χ3n) is 10.1. The van der Waals surface area contributed by atoms with Crippen LogP contribution >= 0.6 is 0 Å². The second-order valence-corrected chi connectivity index (χ2v) is 12.4. The van der Waals surface area contributed by atoms with Crippen molar-refractivity contribution < 1.29 is 9.90 Å². The van der Waals surface area contributed by atoms with Crippen molar-refractivity contribution >= 4 is 17.0 Å². The minimum Gasteiger partial charge on any atom is -0.480 e. The third kappa shape index (κ3) is 4.63. The summed E-state index contributed by atoms with van der Waals surface area (Å²) >= 11 is 0. The van der Waals surface area contributed by atoms with E-state index in [0.29, 0.717) is 49.5 Å². The molecule has 2 bridgehead atoms. The number of piperidine rings is 1. The fourth-order valence-corrected chi connectivity index (χ4v) is 8.15. The lowest BCUT2D eigenvalue weighted by atomic mass is 9.76. The lowest BCUT2D eigenvalue weighted by Gasteiger charge is -2.45. The molecule has 0 spiro atoms. The standard InChI is InChI=1S/C30H42N4O3/c31-30(29(36)37)16-14-20(15-17-30)27-28(35)34(26-11-7-6-10-25(26)32-27)24-18-22-12-13-23(19-24)33(22)21-8-4-2-1-3-5-9-21/h6-7,10-11,20-24H,1-5,8-9,12-19,31H2,(H,36,37)/t20?,22-,23+,24?,30?. The van der Waals surface area contributed by atoms with Gasteiger partial charge in [0, 0.05) is 30.1 Å². The number of aromatic nitrogens is 2. The van der Waals surface area contributed by atoms with Gasteiger partial charge in [-0.1, -0.05) is 44.2 Å². The van der Waals surface area contributed by atoms with E-state index in [2.05, 4.69) is 9.47 Å². The third-order valence-corrected chi connectivity index (χ3v) is 10.1. The number of aliphatic carboxylic acids is 1. The summed E-state index contributed by atoms with van der Waals surface area (Å²) in [6.07, 6.45) is 16.0. The van der Waals surface area contributed by atoms with Gasteiger partial charge in [0.15, 0.2) is 0 Å². The number of nitrogens with zero attached hydrogens (tertiary/aromatic N) is 3. The average molecular weight is 507 g/mol. The molecular formula is C30H42N4O3. The monoisotopic (exact) mass is 506 g/mol. The molecule has 3 heterocycles. The molecule has 1 aromatic carbocycles. The van der Waals surface area contributed by atoms with Gasteiger partial charge in [0.05, 0.1) is 11.0 Å². The Morgan fingerprint density at radius 3 is 2.14 bits per heavy atom. The molecule has 200 valence electrons. The molecule has 3 N–H and O–H groups in total. The van der Waals surface area contributed by atoms with Gasteiger partial charge in [0.25, 0.3) is 5.56 Å². The van der Waals surface area contributed by atoms with Crippen LogP contribution in [-0.4, -0.2) is 49.2 Å². The molecule has 6 rings (SSSR count). The summed E-state index contributed by atoms with van der Waals surface area (Å²) in [4.78, 5) is 33.5. The number of hydrogen-bond acceptors (Lipinski definition) is 5. The summed E-state index contributed by atoms with van der Waals surface area (Å²) in [5.41, 5.74) is 7.41. The van der Waals surface area contributed by atoms with Crippen molar-refractivity contribution in [3.05, 3.63) is 40.3 Å². The van der Waals surface area contributed by atoms with Gasteiger partial charge in [-0.3, -0.25) is 14.5 Å². The molecular weight excluding hydrogens is 464 g/mol. The van der Waals surface area contributed by atoms with Crippen molar-refractivity contribution in [3.63, 3.8) is 0 Å². The van der Waals surface area contributed by atoms with E-state index in [1.54, 1.807) is 0 Å². The van der Waals surface area contributed by atoms with Gasteiger partial charge in [-0.2, -0.15) is 0 Å². The Bertz CT molecular complexity index is 1180. The topological polar surface area (TPSA) is 101 Å². The molecule has 4 fully saturated rings. The lowest BCUT2D eigenvalue weighted by Crippen LogP contribution is -2.51. The quantitative estimate of drug-likeness (QED) is 0.597. The lowest BCUT2D eigenvalue weighted by molar-refractivity contribution is -0.144. The molecule has 3 atom stereocenters. The van der Waals surface area contributed by atoms with Crippen molar-refractivity contribution in [3.8, 4) is 0 Å². The second-order valence-electron chi connectivity index (χ2n) is 12.4. The fraction of sp³-hybridized carbons (Fsp3) is 0.700. The first kappa shape index (κ1) is 25.1. The van der Waals surface area contributed by atoms with Crippen LogP contribution in [0.3, 0.4) is 0 Å². The largest absolute Gasteiger partial charge is 0.480 e. The van der Waals surface area contributed by atoms with E-state index in [0.717, 1.165) is 23.9 Å². The Morgan fingerprint density at radius 1 is 0.865 bits per heavy atom. The number of para-hydroxylation sites is 2. The molecule has 2 aromatic rings. The maximum absolute atomic E-state index is 14.1. The van der Waals surface area contributed by atoms with Crippen molar-refractivity contribution in [1.29, 1.82) is 0 Å². The molecule has 0 amide bonds. The van der Waals surface area contributed by atoms with Crippen molar-refractivity contribution in [2.75, 3.05) is 0 Å². The zero-order valence-corrected chi connectivity index (χ0v) is 22.0. The van der Waals surface area contributed by atoms with Crippen molar-refractivity contribution in [2.24, 2.45) is 5.73 Å². The Balaban J connectivity index is 1.30. The zero-order chi connectivity index (χ0) is 25.6. The molecule has 0 radical (unpaired) electrons. The van der Waals surface area contributed by atoms with Crippen LogP contribution in [0.1, 0.15) is 114 Å². The predicted molar refractivity (Wildman–Crippen MR) is 145 cm³/mol. The summed E-state index contributed by atoms with van der Waals surface area (Å²) in [6, 6.07) is 10.1. The molecule has 7 nitrogen and oxygen atoms in total. The highest BCUT2D eigenvalue weighted by Gasteiger charge is 2.45. The number of hydrogen-bond donors (Lipinski definition) is 2. The van der Waals surface area contributed by atoms with Crippen LogP contribution in [0.25, 0.3) is 11.0 Å². The highest BCUT2D eigenvalue weighted by atomic mass is 16.4. The summed E-state index contributed by atoms with van der Waals surface area (Å²) in [7, 11) is 0. The van der Waals surface area contributed by atoms with Crippen LogP contribution in [0.4, 0.5) is 0 Å². The Kier molecular flexibility index (Phi) is 6.87. The Hall–Kier alpha value is -2.25. The van der Waals surface area contributed by atoms with E-state index in [-0.39, 0.29) is 17.5 Å². The number of benzene rings is 1. The first-order valence-corrected chi connectivity index (χ1v) is 14.8. The smallest absolute Gasteiger partial charge is 0.323 e. The molecule has 2 saturated heterocycles. The van der Waals surface area contributed by atoms with Gasteiger partial charge in [0.1, 0.15) is 11.2 Å². The van der Waals surface area contributed by atoms with Gasteiger partial charge < -0.3 is 15.4 Å². The maximum atomic E-state index is 14.1. The summed E-state index contributed by atoms with van der Waals surface area (Å²) < 4.78 is 2.08. The maximum Gasteiger partial charge on any atom is 0.323 e. The number of carboxylic acid groups (broad SMARTS) is 1. The van der Waals surface area contributed by atoms with Crippen LogP contribution in [0.15, 0.2) is 29.1 Å². The summed E-state index contributed by atoms with van der Waals surface area (Å²) in [5, 5.41) is 9.55. The predicted octanol–water partition coefficient (Wildman–Crippen LogP) is 5.12. The van der Waals surface area contributed by atoms with Crippen LogP contribution in [0.2, 0.25) is 0 Å². The van der Waals surface area contributed by atoms with Crippen LogP contribution < -0.4 is 11.3 Å². The number of nitrogens with two attached hydrogens (primary N) is 1. The molecule has 7 heteroatoms. The first-order valence-electron chi connectivity index (χ1n) is 14.8. The average Bonchev–Trinajstić information content (AvgIpc) is 3.13. The van der Waals surface area contributed by atoms with E-state index < -0.39 is 11.5 Å². The molecule has 37 heavy (non-hydrogen) atoms. The van der Waals surface area contributed by atoms with Crippen LogP contribution in [0.5, 0.6) is 0 Å². The van der Waals surface area contributed by atoms with Crippen LogP contribution in [-0.2, 0) is 4.79 Å². The van der Waals surface area contributed by atoms with E-state index in [4.69, 9.17) is 10.7 Å². The van der Waals surface area contributed by atoms with Gasteiger partial charge in [0.2, 0.25) is 0 Å². The SMILES string of the molecule is NC1(C(=O)O)CCC(c2nc3ccccc3n(C3C[C@H]4CC[C@@H](C3)N4C3CCCCCCC3)c2=O)CC1. The normalized spacial score (nSPS) is 33.8. The van der Waals surface area contributed by atoms with Gasteiger partial charge >= 0.3 is 5.97 Å². The molecule has 4 aliphatic rings. The number of carboxylic acids is 1. The van der Waals surface area contributed by atoms with Crippen molar-refractivity contribution in [1.82, 2.24) is 14.5 Å². The molecule has 2 saturated carbocycles. The van der Waals surface area contributed by atoms with E-state index >= 15 is 0 Å². The summed E-state index contributed by atoms with van der Waals surface area (Å²) in [5.74, 6) is -0.979. The highest BCUT2D eigenvalue weighted by molar-refractivity contribution is 5.78. The van der Waals surface area contributed by atoms with Gasteiger partial charge in [-0.05, 0) is 76.3 Å². The fourth-order valence-electron chi connectivity index (χ4n) is 8.15. The highest BCUT2D eigenvalue weighted by Crippen LogP contribution is 2.44. The van der Waals surface area contributed by atoms with Crippen LogP contribution in [0, 0.1) is 0 Å². The molecule has 2 aliphatic heterocycles. The zero-order valence-electron chi connectivity index (χ0n) is 22.0. The molecule has 1 aromatic heterocycles. The van der Waals surface area contributed by atoms with Gasteiger partial charge in [-0.25, -0.2) is 4.98 Å². The van der Waals surface area contributed by atoms with E-state index in [1.165, 1.54) is 57.8 Å². The first-order chi connectivity index (χ1) is 17.9. The Morgan fingerprint density at radius 2 is 1.49 bits per heavy atom. The Labute approximate surface area is 219 Å². The number of carbonyl (C=O) groups is 1. The molecule has 1 unspecified atom stereocenters. The van der Waals surface area contributed by atoms with E-state index in [1.807, 2.05) is 24.3 Å². The number of fused-ring (bicyclic) bond motifs is 3. The number of rotatable bonds is 4. The van der Waals surface area contributed by atoms with Crippen molar-refractivity contribution in [2.45, 2.75) is 132 Å². The molecule has 2 aliphatic carbocycles. The van der Waals surface area contributed by atoms with E-state index in [9.17, 15) is 14.7 Å². The summed E-state index contributed by atoms with van der Waals surface area (Å²) in [6.45, 7) is 0. The van der Waals surface area contributed by atoms with Gasteiger partial charge in [-0.15, -0.1) is 0 Å².